The molecule has 2 saturated heterocycles. The first kappa shape index (κ1) is 23.7. The van der Waals surface area contributed by atoms with Crippen molar-refractivity contribution >= 4 is 34.1 Å². The molecule has 2 atom stereocenters. The van der Waals surface area contributed by atoms with Gasteiger partial charge in [0, 0.05) is 35.9 Å². The Morgan fingerprint density at radius 1 is 1.21 bits per heavy atom. The summed E-state index contributed by atoms with van der Waals surface area (Å²) in [5.41, 5.74) is 5.21. The third-order valence-corrected chi connectivity index (χ3v) is 8.89. The summed E-state index contributed by atoms with van der Waals surface area (Å²) >= 11 is 2.45. The minimum absolute atomic E-state index is 0.105. The van der Waals surface area contributed by atoms with E-state index in [4.69, 9.17) is 9.47 Å². The number of carbonyl (C=O) groups is 1. The molecular formula is C28H33IN2O3. The second kappa shape index (κ2) is 9.53. The Bertz CT molecular complexity index is 1090. The number of carbonyl (C=O) groups excluding carboxylic acids is 1. The summed E-state index contributed by atoms with van der Waals surface area (Å²) in [6.45, 7) is 9.57. The zero-order valence-electron chi connectivity index (χ0n) is 20.0. The van der Waals surface area contributed by atoms with Crippen LogP contribution in [-0.4, -0.2) is 39.2 Å². The fourth-order valence-electron chi connectivity index (χ4n) is 5.76. The van der Waals surface area contributed by atoms with Gasteiger partial charge >= 0.3 is 0 Å². The van der Waals surface area contributed by atoms with Crippen LogP contribution < -0.4 is 15.0 Å². The highest BCUT2D eigenvalue weighted by atomic mass is 127. The van der Waals surface area contributed by atoms with Gasteiger partial charge in [0.1, 0.15) is 18.1 Å². The number of ketones is 1. The summed E-state index contributed by atoms with van der Waals surface area (Å²) < 4.78 is 12.6. The predicted octanol–water partition coefficient (Wildman–Crippen LogP) is 5.04. The average Bonchev–Trinajstić information content (AvgIpc) is 2.80. The maximum absolute atomic E-state index is 13.4. The Labute approximate surface area is 216 Å². The average molecular weight is 572 g/mol. The Morgan fingerprint density at radius 3 is 2.76 bits per heavy atom. The van der Waals surface area contributed by atoms with Gasteiger partial charge in [0.25, 0.3) is 0 Å². The Morgan fingerprint density at radius 2 is 2.00 bits per heavy atom. The molecule has 0 saturated carbocycles. The molecule has 2 aromatic rings. The van der Waals surface area contributed by atoms with Crippen molar-refractivity contribution < 1.29 is 14.3 Å². The largest absolute Gasteiger partial charge is 0.490 e. The van der Waals surface area contributed by atoms with Gasteiger partial charge in [-0.3, -0.25) is 4.79 Å². The van der Waals surface area contributed by atoms with Crippen LogP contribution in [0.3, 0.4) is 0 Å². The smallest absolute Gasteiger partial charge is 0.144 e. The van der Waals surface area contributed by atoms with Gasteiger partial charge in [-0.25, -0.2) is 0 Å². The van der Waals surface area contributed by atoms with Crippen LogP contribution in [0.25, 0.3) is 0 Å². The minimum atomic E-state index is -0.454. The van der Waals surface area contributed by atoms with Gasteiger partial charge in [0.05, 0.1) is 23.7 Å². The van der Waals surface area contributed by atoms with Gasteiger partial charge in [-0.05, 0) is 83.5 Å². The standard InChI is InChI=1S/C28H33IN2O3/c1-18-26(20-9-12-33-13-10-20)24(32)17-28(2,30-18)22-6-4-5-21(27(22)29)15-19-7-8-23-25(16-19)34-14-11-31(23)3/h4-8,16,20,26,30H,1,9-15,17H2,2-3H3. The summed E-state index contributed by atoms with van der Waals surface area (Å²) in [4.78, 5) is 15.6. The fourth-order valence-corrected chi connectivity index (χ4v) is 6.91. The molecule has 3 aliphatic rings. The first-order chi connectivity index (χ1) is 16.4. The molecule has 1 N–H and O–H groups in total. The molecule has 0 aliphatic carbocycles. The molecule has 5 rings (SSSR count). The van der Waals surface area contributed by atoms with Gasteiger partial charge < -0.3 is 19.7 Å². The number of benzene rings is 2. The first-order valence-corrected chi connectivity index (χ1v) is 13.3. The highest BCUT2D eigenvalue weighted by Crippen LogP contribution is 2.41. The summed E-state index contributed by atoms with van der Waals surface area (Å²) in [5.74, 6) is 1.49. The second-order valence-corrected chi connectivity index (χ2v) is 11.2. The molecule has 5 nitrogen and oxygen atoms in total. The number of fused-ring (bicyclic) bond motifs is 1. The highest BCUT2D eigenvalue weighted by molar-refractivity contribution is 14.1. The number of ether oxygens (including phenoxy) is 2. The normalized spacial score (nSPS) is 25.5. The molecule has 0 bridgehead atoms. The SMILES string of the molecule is C=C1NC(C)(c2cccc(Cc3ccc4c(c3)OCCN4C)c2I)CC(=O)C1C1CCOCC1. The molecule has 0 aromatic heterocycles. The van der Waals surface area contributed by atoms with E-state index in [0.717, 1.165) is 62.8 Å². The minimum Gasteiger partial charge on any atom is -0.490 e. The van der Waals surface area contributed by atoms with Gasteiger partial charge in [-0.2, -0.15) is 0 Å². The topological polar surface area (TPSA) is 50.8 Å². The number of nitrogens with zero attached hydrogens (tertiary/aromatic N) is 1. The summed E-state index contributed by atoms with van der Waals surface area (Å²) in [6.07, 6.45) is 3.16. The lowest BCUT2D eigenvalue weighted by Crippen LogP contribution is -2.51. The number of piperidine rings is 1. The van der Waals surface area contributed by atoms with E-state index in [2.05, 4.69) is 89.8 Å². The monoisotopic (exact) mass is 572 g/mol. The number of Topliss-reactive ketones (excluding diaryl/α,β-unsaturated/α-hetero) is 1. The molecule has 34 heavy (non-hydrogen) atoms. The van der Waals surface area contributed by atoms with E-state index in [1.165, 1.54) is 20.3 Å². The lowest BCUT2D eigenvalue weighted by atomic mass is 9.72. The molecule has 0 amide bonds. The number of halogens is 1. The van der Waals surface area contributed by atoms with Crippen molar-refractivity contribution in [2.75, 3.05) is 38.3 Å². The summed E-state index contributed by atoms with van der Waals surface area (Å²) in [6, 6.07) is 13.0. The van der Waals surface area contributed by atoms with E-state index < -0.39 is 5.54 Å². The lowest BCUT2D eigenvalue weighted by molar-refractivity contribution is -0.127. The zero-order chi connectivity index (χ0) is 23.9. The lowest BCUT2D eigenvalue weighted by Gasteiger charge is -2.44. The third kappa shape index (κ3) is 4.47. The number of nitrogens with one attached hydrogen (secondary N) is 1. The van der Waals surface area contributed by atoms with E-state index in [1.54, 1.807) is 0 Å². The maximum atomic E-state index is 13.4. The molecule has 6 heteroatoms. The predicted molar refractivity (Wildman–Crippen MR) is 143 cm³/mol. The first-order valence-electron chi connectivity index (χ1n) is 12.2. The van der Waals surface area contributed by atoms with Crippen LogP contribution in [0.2, 0.25) is 0 Å². The Hall–Kier alpha value is -2.06. The van der Waals surface area contributed by atoms with Crippen LogP contribution in [0, 0.1) is 15.4 Å². The number of likely N-dealkylation sites (N-methyl/N-ethyl adjacent to an activating group) is 1. The molecule has 2 unspecified atom stereocenters. The second-order valence-electron chi connectivity index (χ2n) is 10.1. The Kier molecular flexibility index (Phi) is 6.64. The van der Waals surface area contributed by atoms with Crippen molar-refractivity contribution in [2.24, 2.45) is 11.8 Å². The number of hydrogen-bond acceptors (Lipinski definition) is 5. The number of hydrogen-bond donors (Lipinski definition) is 1. The summed E-state index contributed by atoms with van der Waals surface area (Å²) in [5, 5.41) is 3.68. The molecule has 0 spiro atoms. The number of rotatable bonds is 4. The van der Waals surface area contributed by atoms with E-state index in [0.29, 0.717) is 18.1 Å². The summed E-state index contributed by atoms with van der Waals surface area (Å²) in [7, 11) is 2.10. The van der Waals surface area contributed by atoms with E-state index in [1.807, 2.05) is 0 Å². The Balaban J connectivity index is 1.38. The van der Waals surface area contributed by atoms with Gasteiger partial charge in [0.15, 0.2) is 0 Å². The number of anilines is 1. The maximum Gasteiger partial charge on any atom is 0.144 e. The molecule has 2 fully saturated rings. The zero-order valence-corrected chi connectivity index (χ0v) is 22.2. The number of allylic oxidation sites excluding steroid dienone is 1. The van der Waals surface area contributed by atoms with Crippen molar-refractivity contribution in [3.05, 3.63) is 68.9 Å². The van der Waals surface area contributed by atoms with Crippen molar-refractivity contribution in [1.29, 1.82) is 0 Å². The molecular weight excluding hydrogens is 539 g/mol. The fraction of sp³-hybridized carbons (Fsp3) is 0.464. The van der Waals surface area contributed by atoms with Crippen molar-refractivity contribution in [1.82, 2.24) is 5.32 Å². The van der Waals surface area contributed by atoms with Gasteiger partial charge in [-0.15, -0.1) is 0 Å². The molecule has 3 heterocycles. The van der Waals surface area contributed by atoms with Crippen LogP contribution in [0.15, 0.2) is 48.7 Å². The van der Waals surface area contributed by atoms with Gasteiger partial charge in [-0.1, -0.05) is 30.8 Å². The van der Waals surface area contributed by atoms with Crippen LogP contribution >= 0.6 is 22.6 Å². The van der Waals surface area contributed by atoms with Crippen molar-refractivity contribution in [3.63, 3.8) is 0 Å². The third-order valence-electron chi connectivity index (χ3n) is 7.61. The quantitative estimate of drug-likeness (QED) is 0.521. The van der Waals surface area contributed by atoms with Crippen LogP contribution in [0.4, 0.5) is 5.69 Å². The molecule has 3 aliphatic heterocycles. The van der Waals surface area contributed by atoms with Crippen LogP contribution in [-0.2, 0) is 21.5 Å². The molecule has 2 aromatic carbocycles. The molecule has 0 radical (unpaired) electrons. The van der Waals surface area contributed by atoms with Gasteiger partial charge in [0.2, 0.25) is 0 Å². The van der Waals surface area contributed by atoms with E-state index in [9.17, 15) is 4.79 Å². The van der Waals surface area contributed by atoms with E-state index in [-0.39, 0.29) is 5.92 Å². The van der Waals surface area contributed by atoms with Crippen LogP contribution in [0.5, 0.6) is 5.75 Å². The van der Waals surface area contributed by atoms with Crippen molar-refractivity contribution in [3.8, 4) is 5.75 Å². The van der Waals surface area contributed by atoms with E-state index >= 15 is 0 Å². The highest BCUT2D eigenvalue weighted by Gasteiger charge is 2.43. The van der Waals surface area contributed by atoms with Crippen LogP contribution in [0.1, 0.15) is 42.9 Å². The van der Waals surface area contributed by atoms with Crippen molar-refractivity contribution in [2.45, 2.75) is 38.1 Å². The molecule has 180 valence electrons.